The molecule has 2 rings (SSSR count). The highest BCUT2D eigenvalue weighted by atomic mass is 16.5. The highest BCUT2D eigenvalue weighted by molar-refractivity contribution is 5.75. The van der Waals surface area contributed by atoms with Gasteiger partial charge in [0.05, 0.1) is 6.42 Å². The Kier molecular flexibility index (Phi) is 2.28. The summed E-state index contributed by atoms with van der Waals surface area (Å²) in [5, 5.41) is 0. The van der Waals surface area contributed by atoms with Crippen LogP contribution in [0.25, 0.3) is 0 Å². The molecule has 14 heavy (non-hydrogen) atoms. The van der Waals surface area contributed by atoms with Crippen molar-refractivity contribution in [3.05, 3.63) is 28.8 Å². The van der Waals surface area contributed by atoms with E-state index >= 15 is 0 Å². The van der Waals surface area contributed by atoms with Gasteiger partial charge in [-0.3, -0.25) is 4.79 Å². The lowest BCUT2D eigenvalue weighted by Gasteiger charge is -2.19. The molecular formula is C12H14O2. The molecule has 0 radical (unpaired) electrons. The van der Waals surface area contributed by atoms with Gasteiger partial charge in [0.1, 0.15) is 5.75 Å². The van der Waals surface area contributed by atoms with Gasteiger partial charge in [0.2, 0.25) is 0 Å². The fourth-order valence-corrected chi connectivity index (χ4v) is 1.97. The predicted octanol–water partition coefficient (Wildman–Crippen LogP) is 2.41. The van der Waals surface area contributed by atoms with Gasteiger partial charge in [0.25, 0.3) is 0 Å². The van der Waals surface area contributed by atoms with Crippen LogP contribution in [0.15, 0.2) is 12.1 Å². The Hall–Kier alpha value is -1.31. The van der Waals surface area contributed by atoms with Crippen LogP contribution in [0.1, 0.15) is 30.0 Å². The lowest BCUT2D eigenvalue weighted by molar-refractivity contribution is -0.135. The second kappa shape index (κ2) is 3.45. The molecule has 0 atom stereocenters. The molecule has 0 aliphatic carbocycles. The first-order chi connectivity index (χ1) is 6.72. The molecule has 74 valence electrons. The Morgan fingerprint density at radius 3 is 2.86 bits per heavy atom. The molecule has 0 bridgehead atoms. The van der Waals surface area contributed by atoms with Crippen molar-refractivity contribution in [3.63, 3.8) is 0 Å². The highest BCUT2D eigenvalue weighted by Gasteiger charge is 2.19. The smallest absolute Gasteiger partial charge is 0.311 e. The normalized spacial score (nSPS) is 14.9. The number of hydrogen-bond donors (Lipinski definition) is 0. The van der Waals surface area contributed by atoms with Crippen molar-refractivity contribution >= 4 is 5.97 Å². The van der Waals surface area contributed by atoms with E-state index in [0.717, 1.165) is 18.6 Å². The molecule has 0 aromatic heterocycles. The van der Waals surface area contributed by atoms with Crippen molar-refractivity contribution in [1.29, 1.82) is 0 Å². The largest absolute Gasteiger partial charge is 0.426 e. The van der Waals surface area contributed by atoms with E-state index in [1.807, 2.05) is 12.1 Å². The SMILES string of the molecule is CCc1ccc2c(c1C)CCC(=O)O2. The van der Waals surface area contributed by atoms with Crippen molar-refractivity contribution in [2.75, 3.05) is 0 Å². The van der Waals surface area contributed by atoms with Gasteiger partial charge in [-0.05, 0) is 42.5 Å². The van der Waals surface area contributed by atoms with E-state index in [9.17, 15) is 4.79 Å². The Balaban J connectivity index is 2.48. The summed E-state index contributed by atoms with van der Waals surface area (Å²) in [6.07, 6.45) is 2.38. The van der Waals surface area contributed by atoms with Crippen LogP contribution in [0.4, 0.5) is 0 Å². The second-order valence-corrected chi connectivity index (χ2v) is 3.65. The van der Waals surface area contributed by atoms with Crippen LogP contribution in [0.5, 0.6) is 5.75 Å². The molecule has 0 spiro atoms. The summed E-state index contributed by atoms with van der Waals surface area (Å²) in [6.45, 7) is 4.25. The molecule has 0 saturated carbocycles. The van der Waals surface area contributed by atoms with Crippen molar-refractivity contribution in [2.24, 2.45) is 0 Å². The summed E-state index contributed by atoms with van der Waals surface area (Å²) in [6, 6.07) is 3.96. The highest BCUT2D eigenvalue weighted by Crippen LogP contribution is 2.30. The first-order valence-corrected chi connectivity index (χ1v) is 5.04. The van der Waals surface area contributed by atoms with Gasteiger partial charge in [0.15, 0.2) is 0 Å². The molecule has 2 nitrogen and oxygen atoms in total. The van der Waals surface area contributed by atoms with Crippen LogP contribution in [0.2, 0.25) is 0 Å². The predicted molar refractivity (Wildman–Crippen MR) is 54.5 cm³/mol. The van der Waals surface area contributed by atoms with E-state index in [1.165, 1.54) is 16.7 Å². The average molecular weight is 190 g/mol. The lowest BCUT2D eigenvalue weighted by atomic mass is 9.95. The number of aryl methyl sites for hydroxylation is 1. The van der Waals surface area contributed by atoms with E-state index in [1.54, 1.807) is 0 Å². The zero-order valence-electron chi connectivity index (χ0n) is 8.59. The summed E-state index contributed by atoms with van der Waals surface area (Å²) in [5.41, 5.74) is 3.85. The van der Waals surface area contributed by atoms with Crippen molar-refractivity contribution in [2.45, 2.75) is 33.1 Å². The summed E-state index contributed by atoms with van der Waals surface area (Å²) in [5.74, 6) is 0.650. The summed E-state index contributed by atoms with van der Waals surface area (Å²) >= 11 is 0. The molecule has 0 saturated heterocycles. The lowest BCUT2D eigenvalue weighted by Crippen LogP contribution is -2.17. The van der Waals surface area contributed by atoms with Gasteiger partial charge in [-0.2, -0.15) is 0 Å². The topological polar surface area (TPSA) is 26.3 Å². The van der Waals surface area contributed by atoms with Gasteiger partial charge < -0.3 is 4.74 Å². The molecular weight excluding hydrogens is 176 g/mol. The molecule has 1 heterocycles. The number of carbonyl (C=O) groups excluding carboxylic acids is 1. The van der Waals surface area contributed by atoms with E-state index < -0.39 is 0 Å². The monoisotopic (exact) mass is 190 g/mol. The minimum atomic E-state index is -0.110. The maximum absolute atomic E-state index is 11.1. The van der Waals surface area contributed by atoms with Crippen molar-refractivity contribution in [1.82, 2.24) is 0 Å². The van der Waals surface area contributed by atoms with E-state index in [-0.39, 0.29) is 5.97 Å². The second-order valence-electron chi connectivity index (χ2n) is 3.65. The zero-order chi connectivity index (χ0) is 10.1. The number of benzene rings is 1. The fraction of sp³-hybridized carbons (Fsp3) is 0.417. The molecule has 1 aromatic rings. The van der Waals surface area contributed by atoms with Crippen LogP contribution in [0, 0.1) is 6.92 Å². The molecule has 0 N–H and O–H groups in total. The third kappa shape index (κ3) is 1.41. The average Bonchev–Trinajstić information content (AvgIpc) is 2.18. The molecule has 0 fully saturated rings. The number of esters is 1. The molecule has 1 aliphatic rings. The fourth-order valence-electron chi connectivity index (χ4n) is 1.97. The Morgan fingerprint density at radius 2 is 2.14 bits per heavy atom. The van der Waals surface area contributed by atoms with Crippen LogP contribution < -0.4 is 4.74 Å². The first kappa shape index (κ1) is 9.25. The van der Waals surface area contributed by atoms with Crippen LogP contribution in [0.3, 0.4) is 0 Å². The van der Waals surface area contributed by atoms with Gasteiger partial charge in [-0.1, -0.05) is 13.0 Å². The van der Waals surface area contributed by atoms with Gasteiger partial charge in [0, 0.05) is 0 Å². The van der Waals surface area contributed by atoms with Crippen LogP contribution >= 0.6 is 0 Å². The summed E-state index contributed by atoms with van der Waals surface area (Å²) < 4.78 is 5.17. The minimum absolute atomic E-state index is 0.110. The standard InChI is InChI=1S/C12H14O2/c1-3-9-4-6-11-10(8(9)2)5-7-12(13)14-11/h4,6H,3,5,7H2,1-2H3. The maximum atomic E-state index is 11.1. The van der Waals surface area contributed by atoms with Crippen LogP contribution in [-0.4, -0.2) is 5.97 Å². The van der Waals surface area contributed by atoms with Gasteiger partial charge >= 0.3 is 5.97 Å². The molecule has 1 aliphatic heterocycles. The molecule has 0 amide bonds. The molecule has 0 unspecified atom stereocenters. The Bertz CT molecular complexity index is 380. The zero-order valence-corrected chi connectivity index (χ0v) is 8.59. The van der Waals surface area contributed by atoms with E-state index in [0.29, 0.717) is 6.42 Å². The molecule has 1 aromatic carbocycles. The quantitative estimate of drug-likeness (QED) is 0.502. The van der Waals surface area contributed by atoms with E-state index in [2.05, 4.69) is 13.8 Å². The number of carbonyl (C=O) groups is 1. The van der Waals surface area contributed by atoms with Crippen molar-refractivity contribution in [3.8, 4) is 5.75 Å². The first-order valence-electron chi connectivity index (χ1n) is 5.04. The third-order valence-corrected chi connectivity index (χ3v) is 2.85. The summed E-state index contributed by atoms with van der Waals surface area (Å²) in [7, 11) is 0. The maximum Gasteiger partial charge on any atom is 0.311 e. The molecule has 2 heteroatoms. The summed E-state index contributed by atoms with van der Waals surface area (Å²) in [4.78, 5) is 11.1. The van der Waals surface area contributed by atoms with E-state index in [4.69, 9.17) is 4.74 Å². The number of rotatable bonds is 1. The number of hydrogen-bond acceptors (Lipinski definition) is 2. The van der Waals surface area contributed by atoms with Gasteiger partial charge in [-0.15, -0.1) is 0 Å². The third-order valence-electron chi connectivity index (χ3n) is 2.85. The van der Waals surface area contributed by atoms with Crippen LogP contribution in [-0.2, 0) is 17.6 Å². The van der Waals surface area contributed by atoms with Crippen molar-refractivity contribution < 1.29 is 9.53 Å². The number of ether oxygens (including phenoxy) is 1. The Morgan fingerprint density at radius 1 is 1.36 bits per heavy atom. The van der Waals surface area contributed by atoms with Gasteiger partial charge in [-0.25, -0.2) is 0 Å². The number of fused-ring (bicyclic) bond motifs is 1. The Labute approximate surface area is 83.9 Å². The minimum Gasteiger partial charge on any atom is -0.426 e.